The molecule has 0 aliphatic carbocycles. The maximum Gasteiger partial charge on any atom is 0.141 e. The summed E-state index contributed by atoms with van der Waals surface area (Å²) in [5.74, 6) is 2.94. The Hall–Kier alpha value is -6.92. The maximum absolute atomic E-state index is 6.67. The van der Waals surface area contributed by atoms with Crippen LogP contribution in [-0.2, 0) is 0 Å². The Bertz CT molecular complexity index is 2740. The minimum atomic E-state index is 0.702. The molecule has 0 aliphatic heterocycles. The van der Waals surface area contributed by atoms with E-state index in [-0.39, 0.29) is 0 Å². The van der Waals surface area contributed by atoms with Gasteiger partial charge in [0.05, 0.1) is 29.5 Å². The van der Waals surface area contributed by atoms with E-state index in [0.29, 0.717) is 11.5 Å². The van der Waals surface area contributed by atoms with Crippen LogP contribution in [0.5, 0.6) is 17.2 Å². The number of hydrogen-bond acceptors (Lipinski definition) is 4. The van der Waals surface area contributed by atoms with Gasteiger partial charge in [-0.25, -0.2) is 9.67 Å². The average Bonchev–Trinajstić information content (AvgIpc) is 3.75. The van der Waals surface area contributed by atoms with Gasteiger partial charge in [0.15, 0.2) is 0 Å². The lowest BCUT2D eigenvalue weighted by Gasteiger charge is -2.15. The molecule has 0 fully saturated rings. The number of nitrogens with zero attached hydrogens (tertiary/aromatic N) is 4. The SMILES string of the molecule is COc1ccnc(-n2c3ccccc3c3ccc(Oc4cccc(-n5nc(-c6ccccc6)c(-c6c(C)cccc6C)c5-c5ccccc5)c4)cc32)c1. The van der Waals surface area contributed by atoms with Crippen LogP contribution in [0.1, 0.15) is 11.1 Å². The molecular formula is C47H36N4O2. The van der Waals surface area contributed by atoms with Gasteiger partial charge in [-0.15, -0.1) is 0 Å². The number of aromatic nitrogens is 4. The van der Waals surface area contributed by atoms with Crippen molar-refractivity contribution < 1.29 is 9.47 Å². The fourth-order valence-corrected chi connectivity index (χ4v) is 7.44. The second kappa shape index (κ2) is 13.3. The zero-order valence-corrected chi connectivity index (χ0v) is 29.7. The summed E-state index contributed by atoms with van der Waals surface area (Å²) in [6.45, 7) is 4.36. The molecule has 0 atom stereocenters. The van der Waals surface area contributed by atoms with Crippen molar-refractivity contribution in [2.75, 3.05) is 7.11 Å². The van der Waals surface area contributed by atoms with Crippen LogP contribution in [0.2, 0.25) is 0 Å². The topological polar surface area (TPSA) is 54.1 Å². The summed E-state index contributed by atoms with van der Waals surface area (Å²) >= 11 is 0. The number of pyridine rings is 1. The molecule has 0 unspecified atom stereocenters. The van der Waals surface area contributed by atoms with Gasteiger partial charge in [-0.05, 0) is 66.9 Å². The maximum atomic E-state index is 6.67. The molecule has 6 heteroatoms. The zero-order chi connectivity index (χ0) is 35.9. The molecule has 0 spiro atoms. The van der Waals surface area contributed by atoms with Gasteiger partial charge in [-0.1, -0.05) is 103 Å². The summed E-state index contributed by atoms with van der Waals surface area (Å²) in [6.07, 6.45) is 1.77. The molecule has 0 amide bonds. The normalized spacial score (nSPS) is 11.3. The Morgan fingerprint density at radius 3 is 1.98 bits per heavy atom. The number of rotatable bonds is 8. The molecule has 0 saturated carbocycles. The van der Waals surface area contributed by atoms with E-state index in [1.165, 1.54) is 16.7 Å². The first-order valence-electron chi connectivity index (χ1n) is 17.7. The van der Waals surface area contributed by atoms with Gasteiger partial charge in [0.2, 0.25) is 0 Å². The second-order valence-electron chi connectivity index (χ2n) is 13.2. The second-order valence-corrected chi connectivity index (χ2v) is 13.2. The Morgan fingerprint density at radius 1 is 0.528 bits per heavy atom. The van der Waals surface area contributed by atoms with E-state index in [1.54, 1.807) is 13.3 Å². The molecule has 9 rings (SSSR count). The van der Waals surface area contributed by atoms with Crippen molar-refractivity contribution in [3.63, 3.8) is 0 Å². The molecule has 9 aromatic rings. The van der Waals surface area contributed by atoms with Crippen LogP contribution in [0.15, 0.2) is 164 Å². The first kappa shape index (κ1) is 32.0. The van der Waals surface area contributed by atoms with Crippen LogP contribution in [0.3, 0.4) is 0 Å². The fraction of sp³-hybridized carbons (Fsp3) is 0.0638. The van der Waals surface area contributed by atoms with Gasteiger partial charge in [0.1, 0.15) is 28.8 Å². The van der Waals surface area contributed by atoms with E-state index < -0.39 is 0 Å². The van der Waals surface area contributed by atoms with Crippen LogP contribution in [0.4, 0.5) is 0 Å². The van der Waals surface area contributed by atoms with Crippen LogP contribution < -0.4 is 9.47 Å². The van der Waals surface area contributed by atoms with E-state index in [2.05, 4.69) is 144 Å². The predicted molar refractivity (Wildman–Crippen MR) is 215 cm³/mol. The lowest BCUT2D eigenvalue weighted by molar-refractivity contribution is 0.414. The number of aryl methyl sites for hydroxylation is 2. The summed E-state index contributed by atoms with van der Waals surface area (Å²) in [5, 5.41) is 7.65. The molecule has 256 valence electrons. The Kier molecular flexibility index (Phi) is 8.05. The molecule has 0 aliphatic rings. The van der Waals surface area contributed by atoms with Gasteiger partial charge >= 0.3 is 0 Å². The van der Waals surface area contributed by atoms with Crippen LogP contribution in [0.25, 0.3) is 67.0 Å². The number of hydrogen-bond donors (Lipinski definition) is 0. The van der Waals surface area contributed by atoms with Crippen LogP contribution in [0, 0.1) is 13.8 Å². The zero-order valence-electron chi connectivity index (χ0n) is 29.7. The van der Waals surface area contributed by atoms with Crippen LogP contribution >= 0.6 is 0 Å². The molecule has 0 N–H and O–H groups in total. The largest absolute Gasteiger partial charge is 0.497 e. The van der Waals surface area contributed by atoms with Crippen molar-refractivity contribution in [1.29, 1.82) is 0 Å². The Labute approximate surface area is 308 Å². The van der Waals surface area contributed by atoms with Crippen molar-refractivity contribution in [2.45, 2.75) is 13.8 Å². The first-order valence-corrected chi connectivity index (χ1v) is 17.7. The summed E-state index contributed by atoms with van der Waals surface area (Å²) in [7, 11) is 1.67. The van der Waals surface area contributed by atoms with Gasteiger partial charge in [-0.2, -0.15) is 5.10 Å². The molecule has 53 heavy (non-hydrogen) atoms. The summed E-state index contributed by atoms with van der Waals surface area (Å²) in [5.41, 5.74) is 11.7. The van der Waals surface area contributed by atoms with Crippen molar-refractivity contribution in [3.05, 3.63) is 175 Å². The van der Waals surface area contributed by atoms with Gasteiger partial charge < -0.3 is 9.47 Å². The minimum Gasteiger partial charge on any atom is -0.497 e. The predicted octanol–water partition coefficient (Wildman–Crippen LogP) is 11.8. The summed E-state index contributed by atoms with van der Waals surface area (Å²) in [6, 6.07) is 54.0. The van der Waals surface area contributed by atoms with Crippen molar-refractivity contribution >= 4 is 21.8 Å². The van der Waals surface area contributed by atoms with E-state index in [9.17, 15) is 0 Å². The monoisotopic (exact) mass is 688 g/mol. The first-order chi connectivity index (χ1) is 26.1. The highest BCUT2D eigenvalue weighted by molar-refractivity contribution is 6.09. The van der Waals surface area contributed by atoms with Crippen LogP contribution in [-0.4, -0.2) is 26.4 Å². The van der Waals surface area contributed by atoms with Gasteiger partial charge in [-0.3, -0.25) is 4.57 Å². The fourth-order valence-electron chi connectivity index (χ4n) is 7.44. The summed E-state index contributed by atoms with van der Waals surface area (Å²) in [4.78, 5) is 4.72. The van der Waals surface area contributed by atoms with Gasteiger partial charge in [0, 0.05) is 51.9 Å². The molecular weight excluding hydrogens is 653 g/mol. The smallest absolute Gasteiger partial charge is 0.141 e. The van der Waals surface area contributed by atoms with Crippen molar-refractivity contribution in [2.24, 2.45) is 0 Å². The standard InChI is InChI=1S/C47H36N4O2/c1-31-14-12-15-32(2)44(31)45-46(33-16-6-4-7-17-33)49-51(47(45)34-18-8-5-9-19-34)35-20-13-21-37(28-35)53-38-24-25-40-39-22-10-11-23-41(39)50(42(40)29-38)43-30-36(52-3)26-27-48-43/h4-30H,1-3H3. The molecule has 0 bridgehead atoms. The highest BCUT2D eigenvalue weighted by Gasteiger charge is 2.25. The third kappa shape index (κ3) is 5.71. The Balaban J connectivity index is 1.20. The average molecular weight is 689 g/mol. The third-order valence-electron chi connectivity index (χ3n) is 9.84. The lowest BCUT2D eigenvalue weighted by Crippen LogP contribution is -2.00. The van der Waals surface area contributed by atoms with Crippen molar-refractivity contribution in [3.8, 4) is 62.4 Å². The number of para-hydroxylation sites is 1. The highest BCUT2D eigenvalue weighted by Crippen LogP contribution is 2.44. The van der Waals surface area contributed by atoms with E-state index in [4.69, 9.17) is 19.6 Å². The van der Waals surface area contributed by atoms with E-state index in [0.717, 1.165) is 67.1 Å². The molecule has 0 saturated heterocycles. The van der Waals surface area contributed by atoms with E-state index in [1.807, 2.05) is 36.4 Å². The molecule has 3 heterocycles. The highest BCUT2D eigenvalue weighted by atomic mass is 16.5. The van der Waals surface area contributed by atoms with Gasteiger partial charge in [0.25, 0.3) is 0 Å². The molecule has 3 aromatic heterocycles. The Morgan fingerprint density at radius 2 is 1.21 bits per heavy atom. The number of methoxy groups -OCH3 is 1. The quantitative estimate of drug-likeness (QED) is 0.159. The summed E-state index contributed by atoms with van der Waals surface area (Å²) < 4.78 is 16.5. The number of fused-ring (bicyclic) bond motifs is 3. The molecule has 0 radical (unpaired) electrons. The number of ether oxygens (including phenoxy) is 2. The van der Waals surface area contributed by atoms with E-state index >= 15 is 0 Å². The number of benzene rings is 6. The third-order valence-corrected chi connectivity index (χ3v) is 9.84. The minimum absolute atomic E-state index is 0.702. The van der Waals surface area contributed by atoms with Crippen molar-refractivity contribution in [1.82, 2.24) is 19.3 Å². The molecule has 6 aromatic carbocycles. The lowest BCUT2D eigenvalue weighted by atomic mass is 9.90. The molecule has 6 nitrogen and oxygen atoms in total.